The van der Waals surface area contributed by atoms with Gasteiger partial charge < -0.3 is 10.6 Å². The van der Waals surface area contributed by atoms with Crippen LogP contribution in [-0.2, 0) is 16.0 Å². The van der Waals surface area contributed by atoms with E-state index >= 15 is 0 Å². The monoisotopic (exact) mass is 360 g/mol. The molecular formula is C20H32N4O2. The lowest BCUT2D eigenvalue weighted by Gasteiger charge is -2.37. The first kappa shape index (κ1) is 20.4. The van der Waals surface area contributed by atoms with Crippen LogP contribution in [0.25, 0.3) is 0 Å². The Kier molecular flexibility index (Phi) is 8.06. The number of carbonyl (C=O) groups is 2. The van der Waals surface area contributed by atoms with E-state index in [0.717, 1.165) is 56.8 Å². The van der Waals surface area contributed by atoms with E-state index in [1.807, 2.05) is 38.1 Å². The van der Waals surface area contributed by atoms with Crippen molar-refractivity contribution in [3.63, 3.8) is 0 Å². The number of hydrogen-bond donors (Lipinski definition) is 2. The molecule has 1 aromatic carbocycles. The van der Waals surface area contributed by atoms with Crippen molar-refractivity contribution in [1.29, 1.82) is 0 Å². The van der Waals surface area contributed by atoms with E-state index in [9.17, 15) is 9.59 Å². The number of anilines is 1. The lowest BCUT2D eigenvalue weighted by atomic mass is 10.1. The van der Waals surface area contributed by atoms with Gasteiger partial charge in [-0.15, -0.1) is 0 Å². The lowest BCUT2D eigenvalue weighted by molar-refractivity contribution is -0.127. The number of piperazine rings is 1. The Bertz CT molecular complexity index is 597. The summed E-state index contributed by atoms with van der Waals surface area (Å²) < 4.78 is 0. The first-order valence-electron chi connectivity index (χ1n) is 9.67. The lowest BCUT2D eigenvalue weighted by Crippen LogP contribution is -2.54. The highest BCUT2D eigenvalue weighted by Gasteiger charge is 2.26. The summed E-state index contributed by atoms with van der Waals surface area (Å²) in [7, 11) is 0. The standard InChI is InChI=1S/C20H32N4O2/c1-4-10-21-20(26)16(3)24-13-11-23(12-14-24)15-19(25)22-18-9-7-6-8-17(18)5-2/h6-9,16H,4-5,10-15H2,1-3H3,(H,21,26)(H,22,25). The summed E-state index contributed by atoms with van der Waals surface area (Å²) in [4.78, 5) is 28.8. The van der Waals surface area contributed by atoms with Crippen LogP contribution in [0.1, 0.15) is 32.8 Å². The molecule has 0 radical (unpaired) electrons. The molecule has 0 saturated carbocycles. The fourth-order valence-corrected chi connectivity index (χ4v) is 3.21. The molecule has 2 amide bonds. The fourth-order valence-electron chi connectivity index (χ4n) is 3.21. The average molecular weight is 361 g/mol. The van der Waals surface area contributed by atoms with Gasteiger partial charge in [-0.3, -0.25) is 19.4 Å². The first-order chi connectivity index (χ1) is 12.5. The van der Waals surface area contributed by atoms with Crippen molar-refractivity contribution in [2.45, 2.75) is 39.7 Å². The van der Waals surface area contributed by atoms with E-state index in [0.29, 0.717) is 6.54 Å². The molecule has 2 rings (SSSR count). The van der Waals surface area contributed by atoms with Gasteiger partial charge in [-0.05, 0) is 31.4 Å². The third kappa shape index (κ3) is 5.81. The second kappa shape index (κ2) is 10.3. The van der Waals surface area contributed by atoms with Crippen LogP contribution in [0.2, 0.25) is 0 Å². The average Bonchev–Trinajstić information content (AvgIpc) is 2.66. The maximum Gasteiger partial charge on any atom is 0.238 e. The smallest absolute Gasteiger partial charge is 0.238 e. The van der Waals surface area contributed by atoms with Gasteiger partial charge in [0.15, 0.2) is 0 Å². The van der Waals surface area contributed by atoms with Crippen molar-refractivity contribution >= 4 is 17.5 Å². The molecule has 1 atom stereocenters. The first-order valence-corrected chi connectivity index (χ1v) is 9.67. The predicted molar refractivity (Wildman–Crippen MR) is 105 cm³/mol. The number of para-hydroxylation sites is 1. The highest BCUT2D eigenvalue weighted by molar-refractivity contribution is 5.93. The van der Waals surface area contributed by atoms with Crippen LogP contribution in [0.4, 0.5) is 5.69 Å². The number of rotatable bonds is 8. The molecule has 6 heteroatoms. The topological polar surface area (TPSA) is 64.7 Å². The minimum absolute atomic E-state index is 0.0214. The number of carbonyl (C=O) groups excluding carboxylic acids is 2. The molecule has 1 aliphatic heterocycles. The van der Waals surface area contributed by atoms with Crippen molar-refractivity contribution in [3.8, 4) is 0 Å². The Hall–Kier alpha value is -1.92. The van der Waals surface area contributed by atoms with Crippen LogP contribution in [0.15, 0.2) is 24.3 Å². The van der Waals surface area contributed by atoms with E-state index in [1.54, 1.807) is 0 Å². The quantitative estimate of drug-likeness (QED) is 0.741. The van der Waals surface area contributed by atoms with Crippen LogP contribution in [0.5, 0.6) is 0 Å². The molecule has 1 heterocycles. The number of amides is 2. The van der Waals surface area contributed by atoms with E-state index < -0.39 is 0 Å². The van der Waals surface area contributed by atoms with Crippen molar-refractivity contribution in [2.24, 2.45) is 0 Å². The molecule has 0 aromatic heterocycles. The highest BCUT2D eigenvalue weighted by Crippen LogP contribution is 2.15. The molecule has 6 nitrogen and oxygen atoms in total. The summed E-state index contributed by atoms with van der Waals surface area (Å²) in [5.74, 6) is 0.113. The molecule has 1 saturated heterocycles. The number of nitrogens with zero attached hydrogens (tertiary/aromatic N) is 2. The van der Waals surface area contributed by atoms with Gasteiger partial charge >= 0.3 is 0 Å². The van der Waals surface area contributed by atoms with Gasteiger partial charge in [0.1, 0.15) is 0 Å². The van der Waals surface area contributed by atoms with Crippen LogP contribution in [0.3, 0.4) is 0 Å². The number of aryl methyl sites for hydroxylation is 1. The third-order valence-electron chi connectivity index (χ3n) is 4.92. The summed E-state index contributed by atoms with van der Waals surface area (Å²) in [6.07, 6.45) is 1.84. The van der Waals surface area contributed by atoms with Gasteiger partial charge in [0.05, 0.1) is 12.6 Å². The largest absolute Gasteiger partial charge is 0.355 e. The molecule has 1 unspecified atom stereocenters. The van der Waals surface area contributed by atoms with E-state index in [2.05, 4.69) is 27.4 Å². The van der Waals surface area contributed by atoms with Gasteiger partial charge in [-0.1, -0.05) is 32.0 Å². The number of hydrogen-bond acceptors (Lipinski definition) is 4. The Morgan fingerprint density at radius 2 is 1.81 bits per heavy atom. The summed E-state index contributed by atoms with van der Waals surface area (Å²) in [5, 5.41) is 5.98. The molecule has 0 aliphatic carbocycles. The van der Waals surface area contributed by atoms with Crippen LogP contribution < -0.4 is 10.6 Å². The van der Waals surface area contributed by atoms with E-state index in [4.69, 9.17) is 0 Å². The second-order valence-electron chi connectivity index (χ2n) is 6.84. The summed E-state index contributed by atoms with van der Waals surface area (Å²) in [6, 6.07) is 7.81. The molecular weight excluding hydrogens is 328 g/mol. The Morgan fingerprint density at radius 1 is 1.12 bits per heavy atom. The van der Waals surface area contributed by atoms with Crippen LogP contribution in [0, 0.1) is 0 Å². The Morgan fingerprint density at radius 3 is 2.46 bits per heavy atom. The molecule has 0 bridgehead atoms. The number of benzene rings is 1. The van der Waals surface area contributed by atoms with Gasteiger partial charge in [-0.25, -0.2) is 0 Å². The molecule has 1 aliphatic rings. The number of nitrogens with one attached hydrogen (secondary N) is 2. The van der Waals surface area contributed by atoms with Gasteiger partial charge in [0.2, 0.25) is 11.8 Å². The SMILES string of the molecule is CCCNC(=O)C(C)N1CCN(CC(=O)Nc2ccccc2CC)CC1. The van der Waals surface area contributed by atoms with E-state index in [-0.39, 0.29) is 17.9 Å². The zero-order chi connectivity index (χ0) is 18.9. The van der Waals surface area contributed by atoms with Crippen molar-refractivity contribution in [1.82, 2.24) is 15.1 Å². The summed E-state index contributed by atoms with van der Waals surface area (Å²) in [5.41, 5.74) is 2.05. The van der Waals surface area contributed by atoms with Gasteiger partial charge in [0, 0.05) is 38.4 Å². The van der Waals surface area contributed by atoms with Crippen molar-refractivity contribution < 1.29 is 9.59 Å². The molecule has 26 heavy (non-hydrogen) atoms. The maximum absolute atomic E-state index is 12.4. The molecule has 1 fully saturated rings. The zero-order valence-corrected chi connectivity index (χ0v) is 16.3. The van der Waals surface area contributed by atoms with Crippen LogP contribution in [-0.4, -0.2) is 66.9 Å². The Labute approximate surface area is 156 Å². The molecule has 144 valence electrons. The van der Waals surface area contributed by atoms with Crippen molar-refractivity contribution in [3.05, 3.63) is 29.8 Å². The fraction of sp³-hybridized carbons (Fsp3) is 0.600. The minimum Gasteiger partial charge on any atom is -0.355 e. The van der Waals surface area contributed by atoms with Crippen molar-refractivity contribution in [2.75, 3.05) is 44.6 Å². The van der Waals surface area contributed by atoms with Crippen LogP contribution >= 0.6 is 0 Å². The minimum atomic E-state index is -0.117. The molecule has 0 spiro atoms. The summed E-state index contributed by atoms with van der Waals surface area (Å²) >= 11 is 0. The second-order valence-corrected chi connectivity index (χ2v) is 6.84. The summed E-state index contributed by atoms with van der Waals surface area (Å²) in [6.45, 7) is 10.4. The van der Waals surface area contributed by atoms with E-state index in [1.165, 1.54) is 0 Å². The highest BCUT2D eigenvalue weighted by atomic mass is 16.2. The maximum atomic E-state index is 12.4. The predicted octanol–water partition coefficient (Wildman–Crippen LogP) is 1.72. The van der Waals surface area contributed by atoms with Gasteiger partial charge in [0.25, 0.3) is 0 Å². The zero-order valence-electron chi connectivity index (χ0n) is 16.3. The Balaban J connectivity index is 1.77. The third-order valence-corrected chi connectivity index (χ3v) is 4.92. The normalized spacial score (nSPS) is 16.9. The van der Waals surface area contributed by atoms with Gasteiger partial charge in [-0.2, -0.15) is 0 Å². The molecule has 2 N–H and O–H groups in total. The molecule has 1 aromatic rings.